The standard InChI is InChI=1S/C20H27NO3/c1-13-9-10-17-15(3)19(24-18(17)14(13)2)20(22)21(4)11-5-7-16-8-6-12-23-16/h9-10,16H,5-8,11-12H2,1-4H3/t16-/m1/s1. The fourth-order valence-electron chi connectivity index (χ4n) is 3.42. The average Bonchev–Trinajstić information content (AvgIpc) is 3.19. The van der Waals surface area contributed by atoms with Crippen LogP contribution in [0, 0.1) is 20.8 Å². The Bertz CT molecular complexity index is 741. The minimum atomic E-state index is -0.0342. The molecule has 1 saturated heterocycles. The summed E-state index contributed by atoms with van der Waals surface area (Å²) in [5.74, 6) is 0.436. The number of nitrogens with zero attached hydrogens (tertiary/aromatic N) is 1. The zero-order valence-electron chi connectivity index (χ0n) is 15.1. The molecule has 1 fully saturated rings. The Balaban J connectivity index is 1.70. The molecule has 0 saturated carbocycles. The fraction of sp³-hybridized carbons (Fsp3) is 0.550. The van der Waals surface area contributed by atoms with Crippen molar-refractivity contribution in [2.45, 2.75) is 52.6 Å². The third-order valence-corrected chi connectivity index (χ3v) is 5.21. The number of carbonyl (C=O) groups is 1. The molecule has 3 rings (SSSR count). The lowest BCUT2D eigenvalue weighted by molar-refractivity contribution is 0.0736. The lowest BCUT2D eigenvalue weighted by Crippen LogP contribution is -2.28. The number of benzene rings is 1. The van der Waals surface area contributed by atoms with Crippen molar-refractivity contribution in [3.63, 3.8) is 0 Å². The van der Waals surface area contributed by atoms with Crippen LogP contribution in [0.2, 0.25) is 0 Å². The predicted octanol–water partition coefficient (Wildman–Crippen LogP) is 4.39. The van der Waals surface area contributed by atoms with Crippen molar-refractivity contribution in [1.82, 2.24) is 4.90 Å². The molecule has 0 aliphatic carbocycles. The van der Waals surface area contributed by atoms with Gasteiger partial charge in [-0.15, -0.1) is 0 Å². The second-order valence-electron chi connectivity index (χ2n) is 6.94. The Morgan fingerprint density at radius 2 is 2.04 bits per heavy atom. The summed E-state index contributed by atoms with van der Waals surface area (Å²) < 4.78 is 11.6. The van der Waals surface area contributed by atoms with Crippen molar-refractivity contribution in [2.24, 2.45) is 0 Å². The summed E-state index contributed by atoms with van der Waals surface area (Å²) in [6.07, 6.45) is 4.68. The molecule has 130 valence electrons. The number of amides is 1. The monoisotopic (exact) mass is 329 g/mol. The summed E-state index contributed by atoms with van der Waals surface area (Å²) in [7, 11) is 1.85. The molecule has 0 unspecified atom stereocenters. The van der Waals surface area contributed by atoms with Crippen LogP contribution in [0.4, 0.5) is 0 Å². The van der Waals surface area contributed by atoms with E-state index in [1.807, 2.05) is 27.0 Å². The molecule has 0 bridgehead atoms. The van der Waals surface area contributed by atoms with Gasteiger partial charge in [0.05, 0.1) is 6.10 Å². The van der Waals surface area contributed by atoms with Crippen LogP contribution in [0.5, 0.6) is 0 Å². The second kappa shape index (κ2) is 6.98. The molecule has 4 heteroatoms. The van der Waals surface area contributed by atoms with Gasteiger partial charge in [0.2, 0.25) is 0 Å². The van der Waals surface area contributed by atoms with E-state index in [0.29, 0.717) is 11.9 Å². The molecular formula is C20H27NO3. The summed E-state index contributed by atoms with van der Waals surface area (Å²) in [5.41, 5.74) is 4.06. The van der Waals surface area contributed by atoms with Gasteiger partial charge in [-0.25, -0.2) is 0 Å². The maximum atomic E-state index is 12.8. The quantitative estimate of drug-likeness (QED) is 0.817. The first-order valence-corrected chi connectivity index (χ1v) is 8.85. The van der Waals surface area contributed by atoms with Gasteiger partial charge in [0.15, 0.2) is 5.76 Å². The number of fused-ring (bicyclic) bond motifs is 1. The Kier molecular flexibility index (Phi) is 4.95. The largest absolute Gasteiger partial charge is 0.450 e. The smallest absolute Gasteiger partial charge is 0.289 e. The number of hydrogen-bond donors (Lipinski definition) is 0. The summed E-state index contributed by atoms with van der Waals surface area (Å²) >= 11 is 0. The highest BCUT2D eigenvalue weighted by molar-refractivity contribution is 5.99. The van der Waals surface area contributed by atoms with E-state index in [1.165, 1.54) is 5.56 Å². The first-order valence-electron chi connectivity index (χ1n) is 8.85. The summed E-state index contributed by atoms with van der Waals surface area (Å²) in [6, 6.07) is 4.13. The number of carbonyl (C=O) groups excluding carboxylic acids is 1. The van der Waals surface area contributed by atoms with E-state index in [9.17, 15) is 4.79 Å². The Morgan fingerprint density at radius 1 is 1.25 bits per heavy atom. The van der Waals surface area contributed by atoms with E-state index >= 15 is 0 Å². The second-order valence-corrected chi connectivity index (χ2v) is 6.94. The Labute approximate surface area is 143 Å². The minimum Gasteiger partial charge on any atom is -0.450 e. The first-order chi connectivity index (χ1) is 11.5. The maximum Gasteiger partial charge on any atom is 0.289 e. The van der Waals surface area contributed by atoms with Gasteiger partial charge in [-0.2, -0.15) is 0 Å². The molecule has 0 radical (unpaired) electrons. The molecule has 2 heterocycles. The summed E-state index contributed by atoms with van der Waals surface area (Å²) in [5, 5.41) is 1.04. The maximum absolute atomic E-state index is 12.8. The van der Waals surface area contributed by atoms with Gasteiger partial charge in [0.25, 0.3) is 5.91 Å². The number of rotatable bonds is 5. The number of hydrogen-bond acceptors (Lipinski definition) is 3. The Hall–Kier alpha value is -1.81. The van der Waals surface area contributed by atoms with Crippen LogP contribution in [-0.4, -0.2) is 37.1 Å². The van der Waals surface area contributed by atoms with Crippen LogP contribution in [0.25, 0.3) is 11.0 Å². The molecule has 0 N–H and O–H groups in total. The van der Waals surface area contributed by atoms with Crippen LogP contribution in [-0.2, 0) is 4.74 Å². The van der Waals surface area contributed by atoms with Crippen molar-refractivity contribution >= 4 is 16.9 Å². The van der Waals surface area contributed by atoms with Gasteiger partial charge in [0.1, 0.15) is 5.58 Å². The van der Waals surface area contributed by atoms with Gasteiger partial charge in [0, 0.05) is 31.1 Å². The first kappa shape index (κ1) is 17.0. The summed E-state index contributed by atoms with van der Waals surface area (Å²) in [4.78, 5) is 14.5. The van der Waals surface area contributed by atoms with E-state index in [0.717, 1.165) is 60.9 Å². The molecule has 1 aliphatic rings. The fourth-order valence-corrected chi connectivity index (χ4v) is 3.42. The highest BCUT2D eigenvalue weighted by Gasteiger charge is 2.22. The molecule has 24 heavy (non-hydrogen) atoms. The minimum absolute atomic E-state index is 0.0342. The third-order valence-electron chi connectivity index (χ3n) is 5.21. The van der Waals surface area contributed by atoms with Gasteiger partial charge >= 0.3 is 0 Å². The van der Waals surface area contributed by atoms with Crippen LogP contribution >= 0.6 is 0 Å². The SMILES string of the molecule is Cc1ccc2c(C)c(C(=O)N(C)CCC[C@@H]3CCCO3)oc2c1C. The van der Waals surface area contributed by atoms with Crippen LogP contribution in [0.3, 0.4) is 0 Å². The van der Waals surface area contributed by atoms with Crippen LogP contribution < -0.4 is 0 Å². The molecule has 2 aromatic rings. The Morgan fingerprint density at radius 3 is 2.75 bits per heavy atom. The zero-order valence-corrected chi connectivity index (χ0v) is 15.1. The topological polar surface area (TPSA) is 42.7 Å². The average molecular weight is 329 g/mol. The van der Waals surface area contributed by atoms with Crippen molar-refractivity contribution in [1.29, 1.82) is 0 Å². The molecular weight excluding hydrogens is 302 g/mol. The normalized spacial score (nSPS) is 17.6. The van der Waals surface area contributed by atoms with E-state index in [-0.39, 0.29) is 5.91 Å². The van der Waals surface area contributed by atoms with Crippen molar-refractivity contribution < 1.29 is 13.9 Å². The molecule has 1 aromatic heterocycles. The molecule has 1 aliphatic heterocycles. The third kappa shape index (κ3) is 3.20. The zero-order chi connectivity index (χ0) is 17.3. The predicted molar refractivity (Wildman–Crippen MR) is 95.6 cm³/mol. The lowest BCUT2D eigenvalue weighted by Gasteiger charge is -2.17. The molecule has 1 atom stereocenters. The van der Waals surface area contributed by atoms with Crippen LogP contribution in [0.1, 0.15) is 52.9 Å². The van der Waals surface area contributed by atoms with Gasteiger partial charge in [-0.3, -0.25) is 4.79 Å². The van der Waals surface area contributed by atoms with Gasteiger partial charge in [-0.1, -0.05) is 12.1 Å². The highest BCUT2D eigenvalue weighted by Crippen LogP contribution is 2.30. The van der Waals surface area contributed by atoms with Crippen molar-refractivity contribution in [3.8, 4) is 0 Å². The van der Waals surface area contributed by atoms with Crippen molar-refractivity contribution in [3.05, 3.63) is 34.6 Å². The highest BCUT2D eigenvalue weighted by atomic mass is 16.5. The van der Waals surface area contributed by atoms with Crippen LogP contribution in [0.15, 0.2) is 16.5 Å². The van der Waals surface area contributed by atoms with Crippen molar-refractivity contribution in [2.75, 3.05) is 20.2 Å². The molecule has 1 aromatic carbocycles. The number of aryl methyl sites for hydroxylation is 3. The van der Waals surface area contributed by atoms with Gasteiger partial charge < -0.3 is 14.1 Å². The summed E-state index contributed by atoms with van der Waals surface area (Å²) in [6.45, 7) is 7.68. The molecule has 4 nitrogen and oxygen atoms in total. The van der Waals surface area contributed by atoms with Gasteiger partial charge in [-0.05, 0) is 57.6 Å². The van der Waals surface area contributed by atoms with E-state index in [4.69, 9.17) is 9.15 Å². The van der Waals surface area contributed by atoms with E-state index in [1.54, 1.807) is 4.90 Å². The number of furan rings is 1. The lowest BCUT2D eigenvalue weighted by atomic mass is 10.0. The van der Waals surface area contributed by atoms with E-state index in [2.05, 4.69) is 13.0 Å². The molecule has 0 spiro atoms. The molecule has 1 amide bonds. The number of ether oxygens (including phenoxy) is 1. The van der Waals surface area contributed by atoms with E-state index < -0.39 is 0 Å².